The molecule has 0 atom stereocenters. The van der Waals surface area contributed by atoms with Gasteiger partial charge in [-0.15, -0.1) is 0 Å². The Kier molecular flexibility index (Phi) is 3.20. The van der Waals surface area contributed by atoms with Crippen molar-refractivity contribution in [2.24, 2.45) is 0 Å². The maximum absolute atomic E-state index is 3.78. The van der Waals surface area contributed by atoms with E-state index in [2.05, 4.69) is 112 Å². The number of hydrogen-bond acceptors (Lipinski definition) is 0. The molecule has 0 aliphatic rings. The number of hydrogen-bond donors (Lipinski definition) is 1. The van der Waals surface area contributed by atoms with Crippen molar-refractivity contribution in [3.05, 3.63) is 95.5 Å². The first-order valence-electron chi connectivity index (χ1n) is 10.2. The molecule has 1 aromatic heterocycles. The smallest absolute Gasteiger partial charge is 0.0557 e. The van der Waals surface area contributed by atoms with Crippen LogP contribution in [0.4, 0.5) is 0 Å². The van der Waals surface area contributed by atoms with Gasteiger partial charge in [0, 0.05) is 31.5 Å². The monoisotopic (exact) mass is 445 g/mol. The number of aromatic amines is 1. The van der Waals surface area contributed by atoms with Crippen LogP contribution >= 0.6 is 15.9 Å². The lowest BCUT2D eigenvalue weighted by Crippen LogP contribution is -1.87. The molecule has 0 aliphatic carbocycles. The van der Waals surface area contributed by atoms with E-state index in [1.807, 2.05) is 0 Å². The third-order valence-corrected chi connectivity index (χ3v) is 6.90. The molecule has 0 saturated heterocycles. The van der Waals surface area contributed by atoms with Crippen molar-refractivity contribution in [1.29, 1.82) is 0 Å². The lowest BCUT2D eigenvalue weighted by Gasteiger charge is -2.14. The largest absolute Gasteiger partial charge is 0.354 e. The second kappa shape index (κ2) is 5.84. The zero-order valence-corrected chi connectivity index (χ0v) is 17.6. The Morgan fingerprint density at radius 1 is 0.467 bits per heavy atom. The lowest BCUT2D eigenvalue weighted by atomic mass is 9.89. The SMILES string of the molecule is Brc1ccc2c(c1)[nH]c1c2c2ccccc2c2c3ccccc3c3ccccc3c12. The van der Waals surface area contributed by atoms with Gasteiger partial charge < -0.3 is 4.98 Å². The highest BCUT2D eigenvalue weighted by Gasteiger charge is 2.18. The van der Waals surface area contributed by atoms with Crippen molar-refractivity contribution in [3.63, 3.8) is 0 Å². The summed E-state index contributed by atoms with van der Waals surface area (Å²) in [5.74, 6) is 0. The first kappa shape index (κ1) is 16.4. The number of nitrogens with one attached hydrogen (secondary N) is 1. The van der Waals surface area contributed by atoms with Crippen LogP contribution in [0, 0.1) is 0 Å². The third kappa shape index (κ3) is 2.02. The highest BCUT2D eigenvalue weighted by molar-refractivity contribution is 9.10. The van der Waals surface area contributed by atoms with Crippen LogP contribution in [0.15, 0.2) is 95.5 Å². The Labute approximate surface area is 181 Å². The van der Waals surface area contributed by atoms with Gasteiger partial charge in [-0.2, -0.15) is 0 Å². The van der Waals surface area contributed by atoms with Gasteiger partial charge >= 0.3 is 0 Å². The van der Waals surface area contributed by atoms with Crippen LogP contribution in [0.1, 0.15) is 0 Å². The molecule has 140 valence electrons. The summed E-state index contributed by atoms with van der Waals surface area (Å²) in [5, 5.41) is 13.0. The average Bonchev–Trinajstić information content (AvgIpc) is 3.17. The molecule has 0 radical (unpaired) electrons. The van der Waals surface area contributed by atoms with Crippen LogP contribution in [-0.2, 0) is 0 Å². The molecule has 0 amide bonds. The Morgan fingerprint density at radius 3 is 1.60 bits per heavy atom. The molecule has 30 heavy (non-hydrogen) atoms. The summed E-state index contributed by atoms with van der Waals surface area (Å²) in [5.41, 5.74) is 2.38. The van der Waals surface area contributed by atoms with Crippen LogP contribution in [0.3, 0.4) is 0 Å². The first-order valence-corrected chi connectivity index (χ1v) is 11.0. The zero-order chi connectivity index (χ0) is 19.8. The van der Waals surface area contributed by atoms with Gasteiger partial charge in [0.2, 0.25) is 0 Å². The van der Waals surface area contributed by atoms with Gasteiger partial charge in [-0.25, -0.2) is 0 Å². The summed E-state index contributed by atoms with van der Waals surface area (Å²) in [4.78, 5) is 3.78. The molecule has 1 nitrogen and oxygen atoms in total. The summed E-state index contributed by atoms with van der Waals surface area (Å²) in [6.07, 6.45) is 0. The zero-order valence-electron chi connectivity index (χ0n) is 16.0. The van der Waals surface area contributed by atoms with Crippen molar-refractivity contribution >= 4 is 80.8 Å². The first-order chi connectivity index (χ1) is 14.8. The highest BCUT2D eigenvalue weighted by atomic mass is 79.9. The molecule has 0 spiro atoms. The topological polar surface area (TPSA) is 15.8 Å². The Morgan fingerprint density at radius 2 is 0.967 bits per heavy atom. The predicted molar refractivity (Wildman–Crippen MR) is 134 cm³/mol. The molecular formula is C28H16BrN. The summed E-state index contributed by atoms with van der Waals surface area (Å²) in [7, 11) is 0. The molecule has 0 aliphatic heterocycles. The van der Waals surface area contributed by atoms with Gasteiger partial charge in [0.15, 0.2) is 0 Å². The molecular weight excluding hydrogens is 430 g/mol. The van der Waals surface area contributed by atoms with Crippen molar-refractivity contribution in [2.75, 3.05) is 0 Å². The molecule has 7 aromatic rings. The number of rotatable bonds is 0. The molecule has 0 saturated carbocycles. The van der Waals surface area contributed by atoms with Crippen LogP contribution in [-0.4, -0.2) is 4.98 Å². The molecule has 0 bridgehead atoms. The second-order valence-electron chi connectivity index (χ2n) is 7.95. The molecule has 6 aromatic carbocycles. The molecule has 0 unspecified atom stereocenters. The standard InChI is InChI=1S/C28H16BrN/c29-16-13-14-23-24(15-16)30-28-26(23)22-12-6-5-11-21(22)25-19-9-3-1-7-17(19)18-8-2-4-10-20(18)27(25)28/h1-15,30H. The van der Waals surface area contributed by atoms with Crippen molar-refractivity contribution in [1.82, 2.24) is 4.98 Å². The lowest BCUT2D eigenvalue weighted by molar-refractivity contribution is 1.56. The summed E-state index contributed by atoms with van der Waals surface area (Å²) < 4.78 is 1.09. The fourth-order valence-electron chi connectivity index (χ4n) is 5.24. The molecule has 7 rings (SSSR count). The number of aromatic nitrogens is 1. The van der Waals surface area contributed by atoms with E-state index < -0.39 is 0 Å². The Balaban J connectivity index is 1.95. The van der Waals surface area contributed by atoms with E-state index in [9.17, 15) is 0 Å². The molecule has 2 heteroatoms. The number of halogens is 1. The maximum Gasteiger partial charge on any atom is 0.0557 e. The van der Waals surface area contributed by atoms with Crippen LogP contribution in [0.5, 0.6) is 0 Å². The van der Waals surface area contributed by atoms with E-state index >= 15 is 0 Å². The van der Waals surface area contributed by atoms with Gasteiger partial charge in [-0.3, -0.25) is 0 Å². The minimum atomic E-state index is 1.09. The average molecular weight is 446 g/mol. The fraction of sp³-hybridized carbons (Fsp3) is 0. The maximum atomic E-state index is 3.78. The van der Waals surface area contributed by atoms with E-state index in [1.54, 1.807) is 0 Å². The minimum Gasteiger partial charge on any atom is -0.354 e. The van der Waals surface area contributed by atoms with Gasteiger partial charge in [-0.05, 0) is 44.5 Å². The van der Waals surface area contributed by atoms with Gasteiger partial charge in [0.05, 0.1) is 5.52 Å². The van der Waals surface area contributed by atoms with E-state index in [4.69, 9.17) is 0 Å². The van der Waals surface area contributed by atoms with E-state index in [0.717, 1.165) is 9.99 Å². The second-order valence-corrected chi connectivity index (χ2v) is 8.87. The summed E-state index contributed by atoms with van der Waals surface area (Å²) >= 11 is 3.64. The van der Waals surface area contributed by atoms with Crippen LogP contribution in [0.25, 0.3) is 64.9 Å². The van der Waals surface area contributed by atoms with Gasteiger partial charge in [0.25, 0.3) is 0 Å². The number of fused-ring (bicyclic) bond motifs is 13. The Hall–Kier alpha value is -3.36. The summed E-state index contributed by atoms with van der Waals surface area (Å²) in [6.45, 7) is 0. The Bertz CT molecular complexity index is 1810. The van der Waals surface area contributed by atoms with Crippen molar-refractivity contribution in [3.8, 4) is 0 Å². The molecule has 1 heterocycles. The van der Waals surface area contributed by atoms with Crippen LogP contribution in [0.2, 0.25) is 0 Å². The van der Waals surface area contributed by atoms with E-state index in [0.29, 0.717) is 0 Å². The summed E-state index contributed by atoms with van der Waals surface area (Å²) in [6, 6.07) is 33.0. The van der Waals surface area contributed by atoms with Crippen molar-refractivity contribution in [2.45, 2.75) is 0 Å². The van der Waals surface area contributed by atoms with E-state index in [-0.39, 0.29) is 0 Å². The van der Waals surface area contributed by atoms with Gasteiger partial charge in [-0.1, -0.05) is 94.8 Å². The highest BCUT2D eigenvalue weighted by Crippen LogP contribution is 2.45. The predicted octanol–water partition coefficient (Wildman–Crippen LogP) is 8.70. The van der Waals surface area contributed by atoms with E-state index in [1.165, 1.54) is 59.4 Å². The normalized spacial score (nSPS) is 12.2. The quantitative estimate of drug-likeness (QED) is 0.224. The number of H-pyrrole nitrogens is 1. The van der Waals surface area contributed by atoms with Gasteiger partial charge in [0.1, 0.15) is 0 Å². The van der Waals surface area contributed by atoms with Crippen molar-refractivity contribution < 1.29 is 0 Å². The minimum absolute atomic E-state index is 1.09. The third-order valence-electron chi connectivity index (χ3n) is 6.41. The molecule has 0 fully saturated rings. The molecule has 1 N–H and O–H groups in total. The number of benzene rings is 6. The van der Waals surface area contributed by atoms with Crippen LogP contribution < -0.4 is 0 Å². The fourth-order valence-corrected chi connectivity index (χ4v) is 5.60.